The first kappa shape index (κ1) is 18.5. The topological polar surface area (TPSA) is 139 Å². The van der Waals surface area contributed by atoms with E-state index in [2.05, 4.69) is 31.2 Å². The van der Waals surface area contributed by atoms with Crippen LogP contribution in [-0.2, 0) is 19.6 Å². The molecule has 140 valence electrons. The molecular weight excluding hydrogens is 382 g/mol. The van der Waals surface area contributed by atoms with Gasteiger partial charge in [0.1, 0.15) is 15.9 Å². The lowest BCUT2D eigenvalue weighted by Crippen LogP contribution is -2.46. The van der Waals surface area contributed by atoms with Crippen molar-refractivity contribution in [1.82, 2.24) is 24.3 Å². The molecule has 0 saturated heterocycles. The van der Waals surface area contributed by atoms with Gasteiger partial charge in [0.05, 0.1) is 24.9 Å². The second kappa shape index (κ2) is 7.51. The van der Waals surface area contributed by atoms with Gasteiger partial charge in [0, 0.05) is 0 Å². The van der Waals surface area contributed by atoms with Gasteiger partial charge in [0.25, 0.3) is 5.91 Å². The summed E-state index contributed by atoms with van der Waals surface area (Å²) in [6.07, 6.45) is 0.224. The third-order valence-electron chi connectivity index (χ3n) is 3.97. The zero-order chi connectivity index (χ0) is 18.7. The number of sulfonamides is 1. The predicted molar refractivity (Wildman–Crippen MR) is 92.5 cm³/mol. The predicted octanol–water partition coefficient (Wildman–Crippen LogP) is 0.383. The average Bonchev–Trinajstić information content (AvgIpc) is 3.11. The Morgan fingerprint density at radius 3 is 2.81 bits per heavy atom. The van der Waals surface area contributed by atoms with E-state index in [9.17, 15) is 18.0 Å². The summed E-state index contributed by atoms with van der Waals surface area (Å²) in [4.78, 5) is 23.1. The van der Waals surface area contributed by atoms with Crippen molar-refractivity contribution in [2.75, 3.05) is 13.2 Å². The summed E-state index contributed by atoms with van der Waals surface area (Å²) in [7, 11) is -3.96. The van der Waals surface area contributed by atoms with Crippen molar-refractivity contribution in [3.63, 3.8) is 0 Å². The Balaban J connectivity index is 1.47. The van der Waals surface area contributed by atoms with E-state index in [-0.39, 0.29) is 10.4 Å². The Hall–Kier alpha value is -2.31. The molecule has 1 aromatic carbocycles. The standard InChI is InChI=1S/C14H17N5O5S2/c1-8-5-9(8)7-24-14(21)17-16-12(20)6-15-26(22,23)11-4-2-3-10-13(11)19-25-18-10/h2-4,8-9,15H,5-7H2,1H3,(H,16,20)(H,17,21). The van der Waals surface area contributed by atoms with Crippen LogP contribution in [0, 0.1) is 11.8 Å². The first-order chi connectivity index (χ1) is 12.4. The van der Waals surface area contributed by atoms with Crippen LogP contribution in [0.5, 0.6) is 0 Å². The van der Waals surface area contributed by atoms with Crippen LogP contribution in [0.25, 0.3) is 11.0 Å². The summed E-state index contributed by atoms with van der Waals surface area (Å²) in [5.74, 6) is 0.171. The summed E-state index contributed by atoms with van der Waals surface area (Å²) in [5.41, 5.74) is 4.84. The number of nitrogens with one attached hydrogen (secondary N) is 3. The van der Waals surface area contributed by atoms with Gasteiger partial charge in [0.2, 0.25) is 10.0 Å². The fraction of sp³-hybridized carbons (Fsp3) is 0.429. The second-order valence-electron chi connectivity index (χ2n) is 5.96. The highest BCUT2D eigenvalue weighted by Crippen LogP contribution is 2.37. The van der Waals surface area contributed by atoms with Gasteiger partial charge in [-0.3, -0.25) is 10.2 Å². The van der Waals surface area contributed by atoms with Crippen molar-refractivity contribution in [3.8, 4) is 0 Å². The Morgan fingerprint density at radius 2 is 2.08 bits per heavy atom. The molecule has 2 unspecified atom stereocenters. The van der Waals surface area contributed by atoms with E-state index in [1.54, 1.807) is 6.07 Å². The molecule has 0 radical (unpaired) electrons. The quantitative estimate of drug-likeness (QED) is 0.597. The molecule has 1 aliphatic rings. The zero-order valence-corrected chi connectivity index (χ0v) is 15.4. The van der Waals surface area contributed by atoms with Crippen LogP contribution in [-0.4, -0.2) is 42.3 Å². The molecule has 2 atom stereocenters. The second-order valence-corrected chi connectivity index (χ2v) is 8.22. The minimum Gasteiger partial charge on any atom is -0.448 e. The van der Waals surface area contributed by atoms with Crippen LogP contribution in [0.15, 0.2) is 23.1 Å². The van der Waals surface area contributed by atoms with Gasteiger partial charge in [-0.25, -0.2) is 23.4 Å². The van der Waals surface area contributed by atoms with Crippen molar-refractivity contribution < 1.29 is 22.7 Å². The van der Waals surface area contributed by atoms with Crippen molar-refractivity contribution in [2.45, 2.75) is 18.2 Å². The van der Waals surface area contributed by atoms with Crippen LogP contribution < -0.4 is 15.6 Å². The van der Waals surface area contributed by atoms with Gasteiger partial charge < -0.3 is 4.74 Å². The number of hydrazine groups is 1. The smallest absolute Gasteiger partial charge is 0.426 e. The van der Waals surface area contributed by atoms with Crippen molar-refractivity contribution in [2.24, 2.45) is 11.8 Å². The molecule has 0 aliphatic heterocycles. The van der Waals surface area contributed by atoms with E-state index in [0.717, 1.165) is 18.1 Å². The van der Waals surface area contributed by atoms with Crippen LogP contribution in [0.2, 0.25) is 0 Å². The van der Waals surface area contributed by atoms with Crippen LogP contribution in [0.1, 0.15) is 13.3 Å². The Morgan fingerprint density at radius 1 is 1.31 bits per heavy atom. The number of benzene rings is 1. The molecule has 1 fully saturated rings. The molecule has 2 amide bonds. The van der Waals surface area contributed by atoms with Crippen molar-refractivity contribution in [1.29, 1.82) is 0 Å². The van der Waals surface area contributed by atoms with E-state index in [0.29, 0.717) is 24.0 Å². The van der Waals surface area contributed by atoms with Gasteiger partial charge >= 0.3 is 6.09 Å². The molecule has 3 N–H and O–H groups in total. The van der Waals surface area contributed by atoms with Crippen LogP contribution >= 0.6 is 11.7 Å². The molecule has 26 heavy (non-hydrogen) atoms. The minimum absolute atomic E-state index is 0.0672. The molecule has 1 saturated carbocycles. The molecule has 0 spiro atoms. The number of rotatable bonds is 6. The van der Waals surface area contributed by atoms with E-state index in [1.807, 2.05) is 0 Å². The van der Waals surface area contributed by atoms with Crippen LogP contribution in [0.4, 0.5) is 4.79 Å². The molecule has 10 nitrogen and oxygen atoms in total. The molecule has 1 aliphatic carbocycles. The molecule has 12 heteroatoms. The number of amides is 2. The maximum Gasteiger partial charge on any atom is 0.426 e. The number of nitrogens with zero attached hydrogens (tertiary/aromatic N) is 2. The highest BCUT2D eigenvalue weighted by atomic mass is 32.2. The maximum absolute atomic E-state index is 12.3. The molecule has 0 bridgehead atoms. The summed E-state index contributed by atoms with van der Waals surface area (Å²) >= 11 is 0.897. The summed E-state index contributed by atoms with van der Waals surface area (Å²) < 4.78 is 39.7. The van der Waals surface area contributed by atoms with E-state index in [1.165, 1.54) is 12.1 Å². The third-order valence-corrected chi connectivity index (χ3v) is 5.95. The summed E-state index contributed by atoms with van der Waals surface area (Å²) in [6, 6.07) is 4.55. The number of hydrogen-bond donors (Lipinski definition) is 3. The van der Waals surface area contributed by atoms with Crippen LogP contribution in [0.3, 0.4) is 0 Å². The molecular formula is C14H17N5O5S2. The summed E-state index contributed by atoms with van der Waals surface area (Å²) in [5, 5.41) is 0. The fourth-order valence-electron chi connectivity index (χ4n) is 2.25. The third kappa shape index (κ3) is 4.45. The number of ether oxygens (including phenoxy) is 1. The minimum atomic E-state index is -3.96. The molecule has 1 aromatic heterocycles. The normalized spacial score (nSPS) is 19.1. The molecule has 1 heterocycles. The number of carbonyl (C=O) groups is 2. The lowest BCUT2D eigenvalue weighted by molar-refractivity contribution is -0.120. The first-order valence-electron chi connectivity index (χ1n) is 7.79. The Labute approximate surface area is 153 Å². The van der Waals surface area contributed by atoms with E-state index >= 15 is 0 Å². The number of carbonyl (C=O) groups excluding carboxylic acids is 2. The average molecular weight is 399 g/mol. The van der Waals surface area contributed by atoms with Gasteiger partial charge in [-0.05, 0) is 30.4 Å². The number of aromatic nitrogens is 2. The fourth-order valence-corrected chi connectivity index (χ4v) is 4.00. The zero-order valence-electron chi connectivity index (χ0n) is 13.8. The van der Waals surface area contributed by atoms with Gasteiger partial charge in [-0.2, -0.15) is 8.75 Å². The molecule has 3 rings (SSSR count). The van der Waals surface area contributed by atoms with Crippen molar-refractivity contribution >= 4 is 44.8 Å². The van der Waals surface area contributed by atoms with Gasteiger partial charge in [0.15, 0.2) is 0 Å². The number of fused-ring (bicyclic) bond motifs is 1. The monoisotopic (exact) mass is 399 g/mol. The van der Waals surface area contributed by atoms with Crippen molar-refractivity contribution in [3.05, 3.63) is 18.2 Å². The summed E-state index contributed by atoms with van der Waals surface area (Å²) in [6.45, 7) is 1.79. The lowest BCUT2D eigenvalue weighted by Gasteiger charge is -2.09. The Kier molecular flexibility index (Phi) is 5.34. The highest BCUT2D eigenvalue weighted by molar-refractivity contribution is 7.89. The lowest BCUT2D eigenvalue weighted by atomic mass is 10.3. The highest BCUT2D eigenvalue weighted by Gasteiger charge is 2.33. The molecule has 2 aromatic rings. The van der Waals surface area contributed by atoms with Gasteiger partial charge in [-0.1, -0.05) is 13.0 Å². The largest absolute Gasteiger partial charge is 0.448 e. The first-order valence-corrected chi connectivity index (χ1v) is 10.0. The SMILES string of the molecule is CC1CC1COC(=O)NNC(=O)CNS(=O)(=O)c1cccc2nsnc12. The van der Waals surface area contributed by atoms with Gasteiger partial charge in [-0.15, -0.1) is 0 Å². The maximum atomic E-state index is 12.3. The van der Waals surface area contributed by atoms with E-state index < -0.39 is 28.6 Å². The van der Waals surface area contributed by atoms with E-state index in [4.69, 9.17) is 4.74 Å². The number of hydrogen-bond acceptors (Lipinski definition) is 8. The Bertz CT molecular complexity index is 929.